The van der Waals surface area contributed by atoms with Gasteiger partial charge >= 0.3 is 0 Å². The van der Waals surface area contributed by atoms with Gasteiger partial charge in [-0.1, -0.05) is 0 Å². The third-order valence-corrected chi connectivity index (χ3v) is 4.20. The predicted octanol–water partition coefficient (Wildman–Crippen LogP) is 3.35. The fourth-order valence-electron chi connectivity index (χ4n) is 1.63. The molecule has 1 aromatic heterocycles. The van der Waals surface area contributed by atoms with Crippen molar-refractivity contribution in [3.05, 3.63) is 32.6 Å². The Hall–Kier alpha value is -0.910. The van der Waals surface area contributed by atoms with Crippen molar-refractivity contribution in [3.8, 4) is 17.0 Å². The molecular weight excluding hydrogens is 300 g/mol. The highest BCUT2D eigenvalue weighted by Gasteiger charge is 2.11. The minimum absolute atomic E-state index is 0.471. The highest BCUT2D eigenvalue weighted by atomic mass is 79.9. The van der Waals surface area contributed by atoms with Crippen LogP contribution in [0.2, 0.25) is 0 Å². The SMILES string of the molecule is COc1ccc(-c2nc(CN)sc2Br)cc1C. The first-order valence-corrected chi connectivity index (χ1v) is 6.77. The molecule has 2 N–H and O–H groups in total. The zero-order chi connectivity index (χ0) is 12.4. The molecular formula is C12H13BrN2OS. The smallest absolute Gasteiger partial charge is 0.121 e. The molecule has 0 saturated carbocycles. The van der Waals surface area contributed by atoms with Crippen molar-refractivity contribution < 1.29 is 4.74 Å². The number of hydrogen-bond acceptors (Lipinski definition) is 4. The maximum absolute atomic E-state index is 5.59. The first-order valence-electron chi connectivity index (χ1n) is 5.16. The van der Waals surface area contributed by atoms with E-state index in [0.29, 0.717) is 6.54 Å². The second-order valence-corrected chi connectivity index (χ2v) is 6.02. The van der Waals surface area contributed by atoms with Crippen LogP contribution in [0.1, 0.15) is 10.6 Å². The van der Waals surface area contributed by atoms with Crippen LogP contribution in [-0.2, 0) is 6.54 Å². The summed E-state index contributed by atoms with van der Waals surface area (Å²) in [6, 6.07) is 6.03. The Morgan fingerprint density at radius 2 is 2.24 bits per heavy atom. The van der Waals surface area contributed by atoms with Crippen LogP contribution in [0.3, 0.4) is 0 Å². The lowest BCUT2D eigenvalue weighted by molar-refractivity contribution is 0.412. The molecule has 0 radical (unpaired) electrons. The number of aromatic nitrogens is 1. The largest absolute Gasteiger partial charge is 0.496 e. The van der Waals surface area contributed by atoms with Gasteiger partial charge in [0.25, 0.3) is 0 Å². The first kappa shape index (κ1) is 12.5. The Morgan fingerprint density at radius 3 is 2.76 bits per heavy atom. The van der Waals surface area contributed by atoms with Gasteiger partial charge in [-0.15, -0.1) is 11.3 Å². The summed E-state index contributed by atoms with van der Waals surface area (Å²) in [7, 11) is 1.67. The van der Waals surface area contributed by atoms with Crippen LogP contribution >= 0.6 is 27.3 Å². The monoisotopic (exact) mass is 312 g/mol. The van der Waals surface area contributed by atoms with Crippen LogP contribution in [-0.4, -0.2) is 12.1 Å². The standard InChI is InChI=1S/C12H13BrN2OS/c1-7-5-8(3-4-9(7)16-2)11-12(13)17-10(6-14)15-11/h3-5H,6,14H2,1-2H3. The fraction of sp³-hybridized carbons (Fsp3) is 0.250. The van der Waals surface area contributed by atoms with Crippen molar-refractivity contribution in [2.24, 2.45) is 5.73 Å². The molecule has 0 atom stereocenters. The second kappa shape index (κ2) is 5.16. The summed E-state index contributed by atoms with van der Waals surface area (Å²) < 4.78 is 6.26. The molecule has 0 aliphatic carbocycles. The molecule has 0 aliphatic heterocycles. The summed E-state index contributed by atoms with van der Waals surface area (Å²) in [6.45, 7) is 2.49. The molecule has 2 rings (SSSR count). The Kier molecular flexibility index (Phi) is 3.81. The van der Waals surface area contributed by atoms with Gasteiger partial charge in [0.15, 0.2) is 0 Å². The minimum Gasteiger partial charge on any atom is -0.496 e. The normalized spacial score (nSPS) is 10.6. The number of ether oxygens (including phenoxy) is 1. The lowest BCUT2D eigenvalue weighted by atomic mass is 10.1. The van der Waals surface area contributed by atoms with Gasteiger partial charge in [0.05, 0.1) is 16.6 Å². The van der Waals surface area contributed by atoms with E-state index < -0.39 is 0 Å². The van der Waals surface area contributed by atoms with Crippen LogP contribution in [0.25, 0.3) is 11.3 Å². The van der Waals surface area contributed by atoms with E-state index in [1.165, 1.54) is 0 Å². The maximum Gasteiger partial charge on any atom is 0.121 e. The lowest BCUT2D eigenvalue weighted by Crippen LogP contribution is -1.94. The number of methoxy groups -OCH3 is 1. The molecule has 0 fully saturated rings. The summed E-state index contributed by atoms with van der Waals surface area (Å²) in [4.78, 5) is 4.50. The van der Waals surface area contributed by atoms with Crippen molar-refractivity contribution in [1.29, 1.82) is 0 Å². The van der Waals surface area contributed by atoms with E-state index >= 15 is 0 Å². The van der Waals surface area contributed by atoms with Crippen LogP contribution in [0.4, 0.5) is 0 Å². The number of nitrogens with two attached hydrogens (primary N) is 1. The van der Waals surface area contributed by atoms with Gasteiger partial charge in [-0.3, -0.25) is 0 Å². The Balaban J connectivity index is 2.45. The summed E-state index contributed by atoms with van der Waals surface area (Å²) in [6.07, 6.45) is 0. The fourth-order valence-corrected chi connectivity index (χ4v) is 3.20. The molecule has 0 amide bonds. The number of nitrogens with zero attached hydrogens (tertiary/aromatic N) is 1. The zero-order valence-electron chi connectivity index (χ0n) is 9.66. The molecule has 5 heteroatoms. The van der Waals surface area contributed by atoms with E-state index in [9.17, 15) is 0 Å². The topological polar surface area (TPSA) is 48.1 Å². The van der Waals surface area contributed by atoms with Crippen LogP contribution in [0.15, 0.2) is 22.0 Å². The summed E-state index contributed by atoms with van der Waals surface area (Å²) in [5, 5.41) is 0.931. The number of benzene rings is 1. The molecule has 0 bridgehead atoms. The molecule has 1 aromatic carbocycles. The summed E-state index contributed by atoms with van der Waals surface area (Å²) in [5.74, 6) is 0.888. The van der Waals surface area contributed by atoms with E-state index in [1.807, 2.05) is 19.1 Å². The quantitative estimate of drug-likeness (QED) is 0.945. The average molecular weight is 313 g/mol. The van der Waals surface area contributed by atoms with Crippen molar-refractivity contribution >= 4 is 27.3 Å². The number of halogens is 1. The lowest BCUT2D eigenvalue weighted by Gasteiger charge is -2.06. The zero-order valence-corrected chi connectivity index (χ0v) is 12.1. The number of hydrogen-bond donors (Lipinski definition) is 1. The van der Waals surface area contributed by atoms with Crippen molar-refractivity contribution in [1.82, 2.24) is 4.98 Å². The minimum atomic E-state index is 0.471. The summed E-state index contributed by atoms with van der Waals surface area (Å²) in [5.41, 5.74) is 8.71. The number of rotatable bonds is 3. The highest BCUT2D eigenvalue weighted by molar-refractivity contribution is 9.11. The van der Waals surface area contributed by atoms with Crippen molar-refractivity contribution in [2.75, 3.05) is 7.11 Å². The average Bonchev–Trinajstić information content (AvgIpc) is 2.70. The van der Waals surface area contributed by atoms with Gasteiger partial charge < -0.3 is 10.5 Å². The first-order chi connectivity index (χ1) is 8.15. The molecule has 17 heavy (non-hydrogen) atoms. The van der Waals surface area contributed by atoms with Gasteiger partial charge in [0, 0.05) is 12.1 Å². The van der Waals surface area contributed by atoms with Crippen LogP contribution in [0.5, 0.6) is 5.75 Å². The van der Waals surface area contributed by atoms with Gasteiger partial charge in [-0.2, -0.15) is 0 Å². The van der Waals surface area contributed by atoms with E-state index in [0.717, 1.165) is 31.4 Å². The van der Waals surface area contributed by atoms with E-state index in [4.69, 9.17) is 10.5 Å². The van der Waals surface area contributed by atoms with Crippen LogP contribution < -0.4 is 10.5 Å². The molecule has 3 nitrogen and oxygen atoms in total. The highest BCUT2D eigenvalue weighted by Crippen LogP contribution is 2.34. The predicted molar refractivity (Wildman–Crippen MR) is 74.4 cm³/mol. The molecule has 0 unspecified atom stereocenters. The van der Waals surface area contributed by atoms with Gasteiger partial charge in [-0.25, -0.2) is 4.98 Å². The Bertz CT molecular complexity index is 539. The van der Waals surface area contributed by atoms with E-state index in [2.05, 4.69) is 27.0 Å². The van der Waals surface area contributed by atoms with E-state index in [-0.39, 0.29) is 0 Å². The van der Waals surface area contributed by atoms with Crippen molar-refractivity contribution in [3.63, 3.8) is 0 Å². The van der Waals surface area contributed by atoms with Crippen molar-refractivity contribution in [2.45, 2.75) is 13.5 Å². The second-order valence-electron chi connectivity index (χ2n) is 3.62. The molecule has 0 spiro atoms. The van der Waals surface area contributed by atoms with E-state index in [1.54, 1.807) is 18.4 Å². The number of aryl methyl sites for hydroxylation is 1. The van der Waals surface area contributed by atoms with Crippen LogP contribution in [0, 0.1) is 6.92 Å². The number of thiazole rings is 1. The molecule has 0 aliphatic rings. The van der Waals surface area contributed by atoms with Gasteiger partial charge in [0.2, 0.25) is 0 Å². The Labute approximate surface area is 113 Å². The third-order valence-electron chi connectivity index (χ3n) is 2.47. The maximum atomic E-state index is 5.59. The van der Waals surface area contributed by atoms with Gasteiger partial charge in [0.1, 0.15) is 10.8 Å². The molecule has 0 saturated heterocycles. The van der Waals surface area contributed by atoms with Gasteiger partial charge in [-0.05, 0) is 46.6 Å². The molecule has 1 heterocycles. The molecule has 2 aromatic rings. The summed E-state index contributed by atoms with van der Waals surface area (Å²) >= 11 is 5.10. The molecule has 90 valence electrons. The Morgan fingerprint density at radius 1 is 1.47 bits per heavy atom. The third kappa shape index (κ3) is 2.51.